The average Bonchev–Trinajstić information content (AvgIpc) is 2.43. The van der Waals surface area contributed by atoms with Gasteiger partial charge in [-0.2, -0.15) is 0 Å². The van der Waals surface area contributed by atoms with Crippen LogP contribution in [-0.2, 0) is 0 Å². The molecule has 0 saturated carbocycles. The van der Waals surface area contributed by atoms with Crippen molar-refractivity contribution in [2.75, 3.05) is 11.5 Å². The third-order valence-corrected chi connectivity index (χ3v) is 2.47. The third kappa shape index (κ3) is 5.45. The molecule has 0 spiro atoms. The maximum Gasteiger partial charge on any atom is 0.153 e. The summed E-state index contributed by atoms with van der Waals surface area (Å²) in [6.07, 6.45) is 4.44. The highest BCUT2D eigenvalue weighted by Crippen LogP contribution is 2.12. The number of halogens is 2. The first kappa shape index (κ1) is 18.2. The Hall–Kier alpha value is -1.80. The highest BCUT2D eigenvalue weighted by Gasteiger charge is 1.97. The van der Waals surface area contributed by atoms with Crippen LogP contribution in [0.2, 0.25) is 0 Å². The highest BCUT2D eigenvalue weighted by atomic mass is 79.9. The van der Waals surface area contributed by atoms with Crippen molar-refractivity contribution in [1.82, 2.24) is 9.97 Å². The predicted octanol–water partition coefficient (Wildman–Crippen LogP) is 2.29. The van der Waals surface area contributed by atoms with E-state index in [0.717, 1.165) is 4.47 Å². The van der Waals surface area contributed by atoms with Gasteiger partial charge >= 0.3 is 0 Å². The minimum absolute atomic E-state index is 0. The van der Waals surface area contributed by atoms with Gasteiger partial charge in [0.15, 0.2) is 12.6 Å². The van der Waals surface area contributed by atoms with Crippen LogP contribution in [-0.4, -0.2) is 22.5 Å². The molecule has 2 heterocycles. The lowest BCUT2D eigenvalue weighted by atomic mass is 10.3. The van der Waals surface area contributed by atoms with Gasteiger partial charge < -0.3 is 11.5 Å². The third-order valence-electron chi connectivity index (χ3n) is 2.04. The van der Waals surface area contributed by atoms with E-state index in [1.54, 1.807) is 30.6 Å². The lowest BCUT2D eigenvalue weighted by molar-refractivity contribution is 0.111. The minimum Gasteiger partial charge on any atom is -0.383 e. The number of nitrogens with zero attached hydrogens (tertiary/aromatic N) is 2. The fourth-order valence-electron chi connectivity index (χ4n) is 1.09. The molecule has 6 nitrogen and oxygen atoms in total. The van der Waals surface area contributed by atoms with Crippen LogP contribution in [0.4, 0.5) is 11.6 Å². The van der Waals surface area contributed by atoms with E-state index in [9.17, 15) is 9.59 Å². The van der Waals surface area contributed by atoms with Crippen molar-refractivity contribution in [3.63, 3.8) is 0 Å². The van der Waals surface area contributed by atoms with Crippen molar-refractivity contribution in [2.45, 2.75) is 0 Å². The van der Waals surface area contributed by atoms with Gasteiger partial charge in [0.05, 0.1) is 11.1 Å². The number of nitrogens with two attached hydrogens (primary N) is 2. The van der Waals surface area contributed by atoms with Gasteiger partial charge in [0.25, 0.3) is 0 Å². The SMILES string of the molecule is Br.Nc1ncc(Br)cc1C=O.Nc1ncccc1C=O. The van der Waals surface area contributed by atoms with Crippen molar-refractivity contribution in [3.8, 4) is 0 Å². The van der Waals surface area contributed by atoms with Gasteiger partial charge in [0.1, 0.15) is 11.6 Å². The summed E-state index contributed by atoms with van der Waals surface area (Å²) in [6.45, 7) is 0. The Labute approximate surface area is 134 Å². The fourth-order valence-corrected chi connectivity index (χ4v) is 1.44. The van der Waals surface area contributed by atoms with Crippen LogP contribution >= 0.6 is 32.9 Å². The molecule has 2 aromatic heterocycles. The maximum atomic E-state index is 10.2. The molecule has 0 unspecified atom stereocenters. The summed E-state index contributed by atoms with van der Waals surface area (Å²) in [5.41, 5.74) is 11.5. The van der Waals surface area contributed by atoms with E-state index < -0.39 is 0 Å². The monoisotopic (exact) mass is 402 g/mol. The number of carbonyl (C=O) groups is 2. The van der Waals surface area contributed by atoms with Crippen LogP contribution < -0.4 is 11.5 Å². The van der Waals surface area contributed by atoms with Gasteiger partial charge in [-0.15, -0.1) is 17.0 Å². The lowest BCUT2D eigenvalue weighted by Gasteiger charge is -1.95. The van der Waals surface area contributed by atoms with Crippen molar-refractivity contribution in [1.29, 1.82) is 0 Å². The second-order valence-corrected chi connectivity index (χ2v) is 4.26. The van der Waals surface area contributed by atoms with Gasteiger partial charge in [-0.05, 0) is 34.1 Å². The number of aromatic nitrogens is 2. The van der Waals surface area contributed by atoms with Crippen molar-refractivity contribution in [2.24, 2.45) is 0 Å². The van der Waals surface area contributed by atoms with Gasteiger partial charge in [-0.25, -0.2) is 9.97 Å². The van der Waals surface area contributed by atoms with Gasteiger partial charge in [0, 0.05) is 16.9 Å². The lowest BCUT2D eigenvalue weighted by Crippen LogP contribution is -1.95. The molecule has 0 bridgehead atoms. The molecule has 0 atom stereocenters. The summed E-state index contributed by atoms with van der Waals surface area (Å²) in [6, 6.07) is 4.91. The zero-order chi connectivity index (χ0) is 14.3. The second kappa shape index (κ2) is 9.16. The molecule has 106 valence electrons. The fraction of sp³-hybridized carbons (Fsp3) is 0. The van der Waals surface area contributed by atoms with Crippen LogP contribution in [0, 0.1) is 0 Å². The quantitative estimate of drug-likeness (QED) is 0.744. The first-order valence-electron chi connectivity index (χ1n) is 5.10. The molecule has 2 aromatic rings. The number of nitrogen functional groups attached to an aromatic ring is 2. The number of anilines is 2. The van der Waals surface area contributed by atoms with Gasteiger partial charge in [-0.3, -0.25) is 9.59 Å². The standard InChI is InChI=1S/C6H5BrN2O.C6H6N2O.BrH/c7-5-1-4(3-10)6(8)9-2-5;7-6-5(4-9)2-1-3-8-6;/h1-3H,(H2,8,9);1-4H,(H2,7,8);1H. The zero-order valence-electron chi connectivity index (χ0n) is 10.2. The molecule has 0 amide bonds. The topological polar surface area (TPSA) is 112 Å². The van der Waals surface area contributed by atoms with Gasteiger partial charge in [0.2, 0.25) is 0 Å². The second-order valence-electron chi connectivity index (χ2n) is 3.34. The number of hydrogen-bond acceptors (Lipinski definition) is 6. The van der Waals surface area contributed by atoms with Crippen molar-refractivity contribution < 1.29 is 9.59 Å². The Kier molecular flexibility index (Phi) is 8.33. The Morgan fingerprint density at radius 2 is 1.65 bits per heavy atom. The molecule has 8 heteroatoms. The molecule has 4 N–H and O–H groups in total. The first-order valence-corrected chi connectivity index (χ1v) is 5.89. The van der Waals surface area contributed by atoms with E-state index in [4.69, 9.17) is 11.5 Å². The largest absolute Gasteiger partial charge is 0.383 e. The average molecular weight is 404 g/mol. The number of rotatable bonds is 2. The molecule has 2 rings (SSSR count). The Morgan fingerprint density at radius 3 is 2.10 bits per heavy atom. The summed E-state index contributed by atoms with van der Waals surface area (Å²) in [5.74, 6) is 0.547. The van der Waals surface area contributed by atoms with Crippen molar-refractivity contribution >= 4 is 57.1 Å². The van der Waals surface area contributed by atoms with Gasteiger partial charge in [-0.1, -0.05) is 0 Å². The number of carbonyl (C=O) groups excluding carboxylic acids is 2. The normalized spacial score (nSPS) is 8.65. The number of hydrogen-bond donors (Lipinski definition) is 2. The van der Waals surface area contributed by atoms with Crippen LogP contribution in [0.3, 0.4) is 0 Å². The van der Waals surface area contributed by atoms with E-state index in [1.807, 2.05) is 0 Å². The smallest absolute Gasteiger partial charge is 0.153 e. The van der Waals surface area contributed by atoms with E-state index in [0.29, 0.717) is 23.7 Å². The predicted molar refractivity (Wildman–Crippen MR) is 86.1 cm³/mol. The highest BCUT2D eigenvalue weighted by molar-refractivity contribution is 9.10. The first-order chi connectivity index (χ1) is 9.08. The molecule has 0 aliphatic heterocycles. The van der Waals surface area contributed by atoms with E-state index in [1.165, 1.54) is 0 Å². The summed E-state index contributed by atoms with van der Waals surface area (Å²) >= 11 is 3.16. The Bertz CT molecular complexity index is 593. The Balaban J connectivity index is 0.000000345. The molecule has 0 aromatic carbocycles. The summed E-state index contributed by atoms with van der Waals surface area (Å²) in [7, 11) is 0. The molecule has 0 aliphatic rings. The summed E-state index contributed by atoms with van der Waals surface area (Å²) < 4.78 is 0.754. The zero-order valence-corrected chi connectivity index (χ0v) is 13.5. The van der Waals surface area contributed by atoms with Crippen LogP contribution in [0.15, 0.2) is 35.1 Å². The number of aldehydes is 2. The maximum absolute atomic E-state index is 10.2. The molecule has 0 aliphatic carbocycles. The number of pyridine rings is 2. The van der Waals surface area contributed by atoms with E-state index >= 15 is 0 Å². The van der Waals surface area contributed by atoms with E-state index in [-0.39, 0.29) is 28.6 Å². The molecular formula is C12H12Br2N4O2. The molecule has 20 heavy (non-hydrogen) atoms. The van der Waals surface area contributed by atoms with Crippen molar-refractivity contribution in [3.05, 3.63) is 46.2 Å². The Morgan fingerprint density at radius 1 is 1.05 bits per heavy atom. The van der Waals surface area contributed by atoms with Crippen LogP contribution in [0.25, 0.3) is 0 Å². The summed E-state index contributed by atoms with van der Waals surface area (Å²) in [5, 5.41) is 0. The molecule has 0 radical (unpaired) electrons. The van der Waals surface area contributed by atoms with Crippen LogP contribution in [0.1, 0.15) is 20.7 Å². The molecule has 0 saturated heterocycles. The minimum atomic E-state index is 0. The van der Waals surface area contributed by atoms with E-state index in [2.05, 4.69) is 25.9 Å². The molecule has 0 fully saturated rings. The molecular weight excluding hydrogens is 392 g/mol. The summed E-state index contributed by atoms with van der Waals surface area (Å²) in [4.78, 5) is 27.8. The van der Waals surface area contributed by atoms with Crippen LogP contribution in [0.5, 0.6) is 0 Å².